The molecule has 0 unspecified atom stereocenters. The summed E-state index contributed by atoms with van der Waals surface area (Å²) < 4.78 is 2.14. The molecule has 0 aliphatic rings. The van der Waals surface area contributed by atoms with Gasteiger partial charge >= 0.3 is 0 Å². The summed E-state index contributed by atoms with van der Waals surface area (Å²) in [5.41, 5.74) is 2.77. The highest BCUT2D eigenvalue weighted by atomic mass is 32.1. The third kappa shape index (κ3) is 2.49. The molecule has 0 atom stereocenters. The molecule has 4 heteroatoms. The smallest absolute Gasteiger partial charge is 0.282 e. The Labute approximate surface area is 165 Å². The van der Waals surface area contributed by atoms with Crippen LogP contribution < -0.4 is 10.9 Å². The summed E-state index contributed by atoms with van der Waals surface area (Å²) in [7, 11) is 0. The highest BCUT2D eigenvalue weighted by Gasteiger charge is 2.17. The second-order valence-electron chi connectivity index (χ2n) is 6.91. The summed E-state index contributed by atoms with van der Waals surface area (Å²) >= 11 is 1.66. The van der Waals surface area contributed by atoms with Gasteiger partial charge in [0.15, 0.2) is 5.65 Å². The molecule has 0 spiro atoms. The maximum Gasteiger partial charge on any atom is 0.282 e. The molecule has 0 aliphatic carbocycles. The van der Waals surface area contributed by atoms with Gasteiger partial charge in [0.1, 0.15) is 4.83 Å². The lowest BCUT2D eigenvalue weighted by Gasteiger charge is -1.97. The van der Waals surface area contributed by atoms with Crippen LogP contribution >= 0.6 is 11.3 Å². The largest absolute Gasteiger partial charge is 0.284 e. The van der Waals surface area contributed by atoms with Gasteiger partial charge in [-0.1, -0.05) is 66.7 Å². The molecule has 3 heterocycles. The van der Waals surface area contributed by atoms with Crippen LogP contribution in [-0.2, 0) is 0 Å². The lowest BCUT2D eigenvalue weighted by Crippen LogP contribution is -2.15. The lowest BCUT2D eigenvalue weighted by atomic mass is 10.2. The molecule has 5 aromatic rings. The van der Waals surface area contributed by atoms with Crippen molar-refractivity contribution in [1.29, 1.82) is 0 Å². The quantitative estimate of drug-likeness (QED) is 0.436. The van der Waals surface area contributed by atoms with E-state index in [2.05, 4.69) is 52.7 Å². The van der Waals surface area contributed by atoms with E-state index in [1.807, 2.05) is 43.3 Å². The van der Waals surface area contributed by atoms with Crippen LogP contribution in [0.15, 0.2) is 65.5 Å². The molecule has 0 radical (unpaired) electrons. The number of rotatable bonds is 2. The van der Waals surface area contributed by atoms with Gasteiger partial charge in [-0.2, -0.15) is 4.98 Å². The standard InChI is InChI=1S/C24H18N2OS/c1-15-16(2)28-24-21(15)23(27)25-22-19-13-7-6-12-18(19)20(26(22)24)14-8-11-17-9-4-3-5-10-17/h3-14H,1-2H3/b11-8+,20-14+. The van der Waals surface area contributed by atoms with Gasteiger partial charge < -0.3 is 0 Å². The minimum atomic E-state index is -0.140. The third-order valence-corrected chi connectivity index (χ3v) is 6.42. The Morgan fingerprint density at radius 2 is 1.68 bits per heavy atom. The SMILES string of the molecule is Cc1sc2c(c1C)c(=O)nc1c3ccccc3/c(=C\C=C\c3ccccc3)n12. The first-order chi connectivity index (χ1) is 13.6. The first-order valence-corrected chi connectivity index (χ1v) is 10.0. The van der Waals surface area contributed by atoms with E-state index in [-0.39, 0.29) is 5.56 Å². The van der Waals surface area contributed by atoms with E-state index in [0.717, 1.165) is 48.0 Å². The van der Waals surface area contributed by atoms with Crippen molar-refractivity contribution in [3.8, 4) is 0 Å². The van der Waals surface area contributed by atoms with Gasteiger partial charge in [0.2, 0.25) is 0 Å². The Bertz CT molecular complexity index is 1490. The second kappa shape index (κ2) is 6.43. The Morgan fingerprint density at radius 3 is 2.46 bits per heavy atom. The Balaban J connectivity index is 1.91. The molecule has 0 saturated carbocycles. The van der Waals surface area contributed by atoms with E-state index in [1.54, 1.807) is 11.3 Å². The fourth-order valence-corrected chi connectivity index (χ4v) is 4.89. The molecule has 3 nitrogen and oxygen atoms in total. The molecule has 0 bridgehead atoms. The number of hydrogen-bond acceptors (Lipinski definition) is 3. The Morgan fingerprint density at radius 1 is 0.964 bits per heavy atom. The van der Waals surface area contributed by atoms with Gasteiger partial charge in [0, 0.05) is 15.6 Å². The molecule has 5 rings (SSSR count). The first kappa shape index (κ1) is 16.9. The van der Waals surface area contributed by atoms with Crippen LogP contribution in [-0.4, -0.2) is 9.38 Å². The summed E-state index contributed by atoms with van der Waals surface area (Å²) in [6, 6.07) is 18.4. The summed E-state index contributed by atoms with van der Waals surface area (Å²) in [5, 5.41) is 3.89. The van der Waals surface area contributed by atoms with Crippen molar-refractivity contribution in [2.45, 2.75) is 13.8 Å². The van der Waals surface area contributed by atoms with Gasteiger partial charge in [-0.3, -0.25) is 9.20 Å². The van der Waals surface area contributed by atoms with Gasteiger partial charge in [0.05, 0.1) is 10.7 Å². The van der Waals surface area contributed by atoms with Crippen LogP contribution in [0.5, 0.6) is 0 Å². The third-order valence-electron chi connectivity index (χ3n) is 5.23. The van der Waals surface area contributed by atoms with Gasteiger partial charge in [-0.15, -0.1) is 11.3 Å². The lowest BCUT2D eigenvalue weighted by molar-refractivity contribution is 1.15. The van der Waals surface area contributed by atoms with E-state index in [1.165, 1.54) is 0 Å². The van der Waals surface area contributed by atoms with Crippen LogP contribution in [0.4, 0.5) is 0 Å². The van der Waals surface area contributed by atoms with Crippen LogP contribution in [0.2, 0.25) is 0 Å². The fourth-order valence-electron chi connectivity index (χ4n) is 3.72. The van der Waals surface area contributed by atoms with Crippen molar-refractivity contribution >= 4 is 50.1 Å². The van der Waals surface area contributed by atoms with Crippen LogP contribution in [0.3, 0.4) is 0 Å². The fraction of sp³-hybridized carbons (Fsp3) is 0.0833. The van der Waals surface area contributed by atoms with E-state index < -0.39 is 0 Å². The highest BCUT2D eigenvalue weighted by Crippen LogP contribution is 2.29. The molecule has 0 amide bonds. The van der Waals surface area contributed by atoms with E-state index in [9.17, 15) is 4.79 Å². The van der Waals surface area contributed by atoms with E-state index >= 15 is 0 Å². The number of aryl methyl sites for hydroxylation is 2. The topological polar surface area (TPSA) is 34.4 Å². The predicted molar refractivity (Wildman–Crippen MR) is 119 cm³/mol. The molecule has 0 saturated heterocycles. The zero-order chi connectivity index (χ0) is 19.3. The maximum absolute atomic E-state index is 12.7. The number of aromatic nitrogens is 2. The monoisotopic (exact) mass is 382 g/mol. The molecular formula is C24H18N2OS. The van der Waals surface area contributed by atoms with Crippen molar-refractivity contribution in [2.24, 2.45) is 0 Å². The van der Waals surface area contributed by atoms with Crippen molar-refractivity contribution < 1.29 is 0 Å². The number of fused-ring (bicyclic) bond motifs is 5. The molecular weight excluding hydrogens is 364 g/mol. The molecule has 0 aliphatic heterocycles. The van der Waals surface area contributed by atoms with Crippen molar-refractivity contribution in [1.82, 2.24) is 9.38 Å². The van der Waals surface area contributed by atoms with Crippen molar-refractivity contribution in [3.05, 3.63) is 92.4 Å². The average Bonchev–Trinajstić information content (AvgIpc) is 3.18. The number of benzene rings is 2. The van der Waals surface area contributed by atoms with Crippen molar-refractivity contribution in [2.75, 3.05) is 0 Å². The molecule has 136 valence electrons. The average molecular weight is 382 g/mol. The highest BCUT2D eigenvalue weighted by molar-refractivity contribution is 7.18. The summed E-state index contributed by atoms with van der Waals surface area (Å²) in [5.74, 6) is 0. The molecule has 0 fully saturated rings. The molecule has 3 aromatic heterocycles. The van der Waals surface area contributed by atoms with Gasteiger partial charge in [0.25, 0.3) is 5.56 Å². The maximum atomic E-state index is 12.7. The number of allylic oxidation sites excluding steroid dienone is 1. The minimum Gasteiger partial charge on any atom is -0.284 e. The Hall–Kier alpha value is -3.24. The van der Waals surface area contributed by atoms with Crippen LogP contribution in [0.25, 0.3) is 38.8 Å². The van der Waals surface area contributed by atoms with Crippen molar-refractivity contribution in [3.63, 3.8) is 0 Å². The first-order valence-electron chi connectivity index (χ1n) is 9.21. The number of hydrogen-bond donors (Lipinski definition) is 0. The normalized spacial score (nSPS) is 12.9. The summed E-state index contributed by atoms with van der Waals surface area (Å²) in [4.78, 5) is 19.3. The molecule has 28 heavy (non-hydrogen) atoms. The Kier molecular flexibility index (Phi) is 3.88. The number of thiophene rings is 1. The zero-order valence-electron chi connectivity index (χ0n) is 15.6. The second-order valence-corrected chi connectivity index (χ2v) is 8.11. The minimum absolute atomic E-state index is 0.140. The molecule has 0 N–H and O–H groups in total. The van der Waals surface area contributed by atoms with Gasteiger partial charge in [-0.05, 0) is 31.1 Å². The molecule has 2 aromatic carbocycles. The predicted octanol–water partition coefficient (Wildman–Crippen LogP) is 4.89. The number of nitrogens with zero attached hydrogens (tertiary/aromatic N) is 2. The van der Waals surface area contributed by atoms with Crippen LogP contribution in [0, 0.1) is 13.8 Å². The van der Waals surface area contributed by atoms with Crippen LogP contribution in [0.1, 0.15) is 16.0 Å². The summed E-state index contributed by atoms with van der Waals surface area (Å²) in [6.07, 6.45) is 6.26. The van der Waals surface area contributed by atoms with E-state index in [0.29, 0.717) is 0 Å². The van der Waals surface area contributed by atoms with Gasteiger partial charge in [-0.25, -0.2) is 0 Å². The zero-order valence-corrected chi connectivity index (χ0v) is 16.5. The van der Waals surface area contributed by atoms with E-state index in [4.69, 9.17) is 0 Å². The summed E-state index contributed by atoms with van der Waals surface area (Å²) in [6.45, 7) is 4.07.